The number of urea groups is 1. The summed E-state index contributed by atoms with van der Waals surface area (Å²) in [6, 6.07) is 3.61. The Balaban J connectivity index is 1.82. The third-order valence-corrected chi connectivity index (χ3v) is 4.69. The molecule has 1 saturated heterocycles. The zero-order valence-corrected chi connectivity index (χ0v) is 12.8. The second-order valence-electron chi connectivity index (χ2n) is 5.02. The van der Waals surface area contributed by atoms with E-state index in [2.05, 4.69) is 27.5 Å². The van der Waals surface area contributed by atoms with Gasteiger partial charge in [-0.15, -0.1) is 5.92 Å². The van der Waals surface area contributed by atoms with Crippen LogP contribution in [0.5, 0.6) is 5.75 Å². The quantitative estimate of drug-likeness (QED) is 0.790. The van der Waals surface area contributed by atoms with Crippen LogP contribution in [0.3, 0.4) is 0 Å². The molecule has 0 radical (unpaired) electrons. The molecule has 1 fully saturated rings. The van der Waals surface area contributed by atoms with E-state index in [1.165, 1.54) is 11.3 Å². The number of aromatic nitrogens is 1. The molecule has 6 nitrogen and oxygen atoms in total. The Kier molecular flexibility index (Phi) is 3.05. The van der Waals surface area contributed by atoms with E-state index >= 15 is 0 Å². The number of amides is 2. The van der Waals surface area contributed by atoms with Gasteiger partial charge in [-0.1, -0.05) is 17.3 Å². The molecular formula is C15H14N4O2S. The maximum atomic E-state index is 12.1. The molecule has 3 heterocycles. The molecule has 7 heteroatoms. The molecule has 2 aliphatic rings. The van der Waals surface area contributed by atoms with Gasteiger partial charge in [0.15, 0.2) is 5.13 Å². The minimum atomic E-state index is -0.168. The summed E-state index contributed by atoms with van der Waals surface area (Å²) < 4.78 is 6.66. The number of ether oxygens (including phenoxy) is 1. The molecule has 2 N–H and O–H groups in total. The number of nitrogens with zero attached hydrogens (tertiary/aromatic N) is 2. The second-order valence-corrected chi connectivity index (χ2v) is 6.03. The van der Waals surface area contributed by atoms with E-state index in [4.69, 9.17) is 4.74 Å². The Bertz CT molecular complexity index is 820. The number of carbonyl (C=O) groups excluding carboxylic acids is 1. The second kappa shape index (κ2) is 5.07. The third kappa shape index (κ3) is 1.96. The van der Waals surface area contributed by atoms with Gasteiger partial charge < -0.3 is 15.4 Å². The summed E-state index contributed by atoms with van der Waals surface area (Å²) in [7, 11) is 0. The van der Waals surface area contributed by atoms with Crippen LogP contribution in [0.2, 0.25) is 0 Å². The maximum Gasteiger partial charge on any atom is 0.324 e. The molecule has 0 saturated carbocycles. The first-order valence-electron chi connectivity index (χ1n) is 7.07. The topological polar surface area (TPSA) is 66.5 Å². The van der Waals surface area contributed by atoms with E-state index in [0.29, 0.717) is 18.3 Å². The summed E-state index contributed by atoms with van der Waals surface area (Å²) in [5.41, 5.74) is 1.75. The first kappa shape index (κ1) is 13.2. The fourth-order valence-corrected chi connectivity index (χ4v) is 3.72. The molecule has 4 rings (SSSR count). The van der Waals surface area contributed by atoms with Crippen molar-refractivity contribution in [3.63, 3.8) is 0 Å². The highest BCUT2D eigenvalue weighted by atomic mass is 32.1. The van der Waals surface area contributed by atoms with Crippen LogP contribution in [0.4, 0.5) is 15.6 Å². The predicted octanol–water partition coefficient (Wildman–Crippen LogP) is 2.02. The van der Waals surface area contributed by atoms with Gasteiger partial charge in [0.25, 0.3) is 0 Å². The molecule has 2 aromatic rings. The average Bonchev–Trinajstić information content (AvgIpc) is 3.11. The molecule has 1 aromatic carbocycles. The number of rotatable bonds is 1. The van der Waals surface area contributed by atoms with Crippen molar-refractivity contribution in [3.05, 3.63) is 12.1 Å². The van der Waals surface area contributed by atoms with Crippen molar-refractivity contribution >= 4 is 38.4 Å². The predicted molar refractivity (Wildman–Crippen MR) is 86.7 cm³/mol. The van der Waals surface area contributed by atoms with Gasteiger partial charge in [-0.25, -0.2) is 9.78 Å². The molecule has 1 aromatic heterocycles. The van der Waals surface area contributed by atoms with Crippen LogP contribution in [-0.2, 0) is 0 Å². The standard InChI is InChI=1S/C15H14N4O2S/c1-2-3-9-8-17-14(20)19(9)15-18-13-11(22-15)5-4-10-12(13)16-6-7-21-10/h4-5,9,16H,6-8H2,1H3,(H,17,20)/t9-/m1/s1. The van der Waals surface area contributed by atoms with Gasteiger partial charge in [0.05, 0.1) is 11.2 Å². The first-order valence-corrected chi connectivity index (χ1v) is 7.89. The highest BCUT2D eigenvalue weighted by Crippen LogP contribution is 2.40. The van der Waals surface area contributed by atoms with Crippen molar-refractivity contribution in [2.24, 2.45) is 0 Å². The summed E-state index contributed by atoms with van der Waals surface area (Å²) in [5, 5.41) is 6.82. The zero-order valence-electron chi connectivity index (χ0n) is 12.0. The van der Waals surface area contributed by atoms with Crippen LogP contribution in [-0.4, -0.2) is 36.8 Å². The molecule has 2 aliphatic heterocycles. The molecule has 0 aliphatic carbocycles. The number of carbonyl (C=O) groups is 1. The Morgan fingerprint density at radius 1 is 1.45 bits per heavy atom. The van der Waals surface area contributed by atoms with E-state index < -0.39 is 0 Å². The Labute approximate surface area is 131 Å². The fraction of sp³-hybridized carbons (Fsp3) is 0.333. The van der Waals surface area contributed by atoms with Crippen LogP contribution >= 0.6 is 11.3 Å². The largest absolute Gasteiger partial charge is 0.490 e. The monoisotopic (exact) mass is 314 g/mol. The normalized spacial score (nSPS) is 19.8. The SMILES string of the molecule is CC#C[C@@H]1CNC(=O)N1c1nc2c3c(ccc2s1)OCCN3. The van der Waals surface area contributed by atoms with Crippen LogP contribution in [0.25, 0.3) is 10.2 Å². The number of hydrogen-bond acceptors (Lipinski definition) is 5. The van der Waals surface area contributed by atoms with Gasteiger partial charge in [-0.2, -0.15) is 0 Å². The van der Waals surface area contributed by atoms with Gasteiger partial charge in [0.1, 0.15) is 29.6 Å². The van der Waals surface area contributed by atoms with Crippen molar-refractivity contribution in [2.75, 3.05) is 29.9 Å². The Morgan fingerprint density at radius 3 is 3.23 bits per heavy atom. The number of nitrogens with one attached hydrogen (secondary N) is 2. The van der Waals surface area contributed by atoms with Crippen LogP contribution in [0.1, 0.15) is 6.92 Å². The van der Waals surface area contributed by atoms with Gasteiger partial charge in [-0.3, -0.25) is 4.90 Å². The molecular weight excluding hydrogens is 300 g/mol. The van der Waals surface area contributed by atoms with Gasteiger partial charge >= 0.3 is 6.03 Å². The third-order valence-electron chi connectivity index (χ3n) is 3.67. The van der Waals surface area contributed by atoms with Crippen molar-refractivity contribution in [1.82, 2.24) is 10.3 Å². The minimum absolute atomic E-state index is 0.148. The molecule has 22 heavy (non-hydrogen) atoms. The van der Waals surface area contributed by atoms with Gasteiger partial charge in [-0.05, 0) is 19.1 Å². The van der Waals surface area contributed by atoms with Crippen molar-refractivity contribution in [3.8, 4) is 17.6 Å². The van der Waals surface area contributed by atoms with Crippen molar-refractivity contribution < 1.29 is 9.53 Å². The summed E-state index contributed by atoms with van der Waals surface area (Å²) in [6.07, 6.45) is 0. The molecule has 0 unspecified atom stereocenters. The van der Waals surface area contributed by atoms with E-state index in [0.717, 1.165) is 28.2 Å². The number of hydrogen-bond donors (Lipinski definition) is 2. The number of benzene rings is 1. The van der Waals surface area contributed by atoms with E-state index in [9.17, 15) is 4.79 Å². The summed E-state index contributed by atoms with van der Waals surface area (Å²) >= 11 is 1.49. The van der Waals surface area contributed by atoms with E-state index in [-0.39, 0.29) is 12.1 Å². The van der Waals surface area contributed by atoms with Gasteiger partial charge in [0, 0.05) is 6.54 Å². The average molecular weight is 314 g/mol. The molecule has 0 bridgehead atoms. The fourth-order valence-electron chi connectivity index (χ4n) is 2.70. The van der Waals surface area contributed by atoms with Gasteiger partial charge in [0.2, 0.25) is 0 Å². The smallest absolute Gasteiger partial charge is 0.324 e. The number of fused-ring (bicyclic) bond motifs is 3. The summed E-state index contributed by atoms with van der Waals surface area (Å²) in [4.78, 5) is 18.4. The summed E-state index contributed by atoms with van der Waals surface area (Å²) in [5.74, 6) is 6.73. The minimum Gasteiger partial charge on any atom is -0.490 e. The highest BCUT2D eigenvalue weighted by Gasteiger charge is 2.33. The van der Waals surface area contributed by atoms with Crippen LogP contribution < -0.4 is 20.3 Å². The highest BCUT2D eigenvalue weighted by molar-refractivity contribution is 7.22. The lowest BCUT2D eigenvalue weighted by Gasteiger charge is -2.19. The number of anilines is 2. The lowest BCUT2D eigenvalue weighted by Crippen LogP contribution is -2.33. The van der Waals surface area contributed by atoms with E-state index in [1.54, 1.807) is 11.8 Å². The molecule has 1 atom stereocenters. The molecule has 2 amide bonds. The maximum absolute atomic E-state index is 12.1. The first-order chi connectivity index (χ1) is 10.8. The van der Waals surface area contributed by atoms with Crippen molar-refractivity contribution in [1.29, 1.82) is 0 Å². The lowest BCUT2D eigenvalue weighted by molar-refractivity contribution is 0.252. The Morgan fingerprint density at radius 2 is 2.36 bits per heavy atom. The lowest BCUT2D eigenvalue weighted by atomic mass is 10.2. The van der Waals surface area contributed by atoms with E-state index in [1.807, 2.05) is 12.1 Å². The van der Waals surface area contributed by atoms with Crippen molar-refractivity contribution in [2.45, 2.75) is 13.0 Å². The number of thiazole rings is 1. The summed E-state index contributed by atoms with van der Waals surface area (Å²) in [6.45, 7) is 3.71. The van der Waals surface area contributed by atoms with Crippen LogP contribution in [0, 0.1) is 11.8 Å². The van der Waals surface area contributed by atoms with Crippen LogP contribution in [0.15, 0.2) is 12.1 Å². The Hall–Kier alpha value is -2.46. The molecule has 112 valence electrons. The zero-order chi connectivity index (χ0) is 15.1. The molecule has 0 spiro atoms.